The Balaban J connectivity index is 1.79. The second kappa shape index (κ2) is 6.69. The van der Waals surface area contributed by atoms with Crippen LogP contribution < -0.4 is 4.74 Å². The molecule has 0 amide bonds. The molecule has 28 heavy (non-hydrogen) atoms. The van der Waals surface area contributed by atoms with E-state index in [1.807, 2.05) is 0 Å². The summed E-state index contributed by atoms with van der Waals surface area (Å²) in [6.07, 6.45) is 5.40. The van der Waals surface area contributed by atoms with Crippen molar-refractivity contribution < 1.29 is 4.74 Å². The third-order valence-electron chi connectivity index (χ3n) is 5.76. The van der Waals surface area contributed by atoms with E-state index in [0.29, 0.717) is 0 Å². The Morgan fingerprint density at radius 2 is 1.43 bits per heavy atom. The van der Waals surface area contributed by atoms with Gasteiger partial charge in [-0.2, -0.15) is 0 Å². The number of benzene rings is 4. The third-order valence-corrected chi connectivity index (χ3v) is 5.76. The Labute approximate surface area is 165 Å². The van der Waals surface area contributed by atoms with Crippen molar-refractivity contribution in [3.05, 3.63) is 95.6 Å². The monoisotopic (exact) mass is 362 g/mol. The molecule has 5 rings (SSSR count). The molecule has 1 heteroatoms. The van der Waals surface area contributed by atoms with Crippen LogP contribution in [0.2, 0.25) is 0 Å². The number of hydrogen-bond donors (Lipinski definition) is 0. The molecule has 4 aromatic rings. The maximum Gasteiger partial charge on any atom is 0.126 e. The van der Waals surface area contributed by atoms with Crippen LogP contribution in [0.5, 0.6) is 5.75 Å². The molecule has 0 heterocycles. The van der Waals surface area contributed by atoms with Crippen LogP contribution in [-0.2, 0) is 6.42 Å². The molecule has 4 aromatic carbocycles. The van der Waals surface area contributed by atoms with Crippen molar-refractivity contribution >= 4 is 16.8 Å². The number of allylic oxidation sites excluding steroid dienone is 1. The molecule has 0 aromatic heterocycles. The van der Waals surface area contributed by atoms with Crippen molar-refractivity contribution in [2.45, 2.75) is 13.3 Å². The smallest absolute Gasteiger partial charge is 0.126 e. The van der Waals surface area contributed by atoms with Crippen molar-refractivity contribution in [2.75, 3.05) is 7.11 Å². The number of ether oxygens (including phenoxy) is 1. The molecule has 0 radical (unpaired) electrons. The van der Waals surface area contributed by atoms with Crippen LogP contribution in [0.4, 0.5) is 0 Å². The van der Waals surface area contributed by atoms with Crippen molar-refractivity contribution in [1.82, 2.24) is 0 Å². The first-order chi connectivity index (χ1) is 13.8. The predicted octanol–water partition coefficient (Wildman–Crippen LogP) is 7.12. The third kappa shape index (κ3) is 2.47. The van der Waals surface area contributed by atoms with Gasteiger partial charge in [0.25, 0.3) is 0 Å². The fourth-order valence-electron chi connectivity index (χ4n) is 4.51. The molecule has 1 aliphatic rings. The molecular formula is C27H22O. The normalized spacial score (nSPS) is 12.4. The van der Waals surface area contributed by atoms with E-state index in [4.69, 9.17) is 4.74 Å². The molecule has 0 bridgehead atoms. The van der Waals surface area contributed by atoms with Crippen molar-refractivity contribution in [3.8, 4) is 28.0 Å². The molecule has 0 atom stereocenters. The highest BCUT2D eigenvalue weighted by Crippen LogP contribution is 2.44. The molecule has 0 saturated carbocycles. The number of hydrogen-bond acceptors (Lipinski definition) is 1. The quantitative estimate of drug-likeness (QED) is 0.332. The lowest BCUT2D eigenvalue weighted by Crippen LogP contribution is -1.94. The Bertz CT molecular complexity index is 1230. The van der Waals surface area contributed by atoms with E-state index in [1.54, 1.807) is 7.11 Å². The Morgan fingerprint density at radius 3 is 2.25 bits per heavy atom. The van der Waals surface area contributed by atoms with Gasteiger partial charge in [-0.3, -0.25) is 0 Å². The minimum Gasteiger partial charge on any atom is -0.496 e. The lowest BCUT2D eigenvalue weighted by Gasteiger charge is -2.16. The highest BCUT2D eigenvalue weighted by Gasteiger charge is 2.22. The molecule has 136 valence electrons. The summed E-state index contributed by atoms with van der Waals surface area (Å²) in [5.74, 6) is 0.917. The highest BCUT2D eigenvalue weighted by atomic mass is 16.5. The highest BCUT2D eigenvalue weighted by molar-refractivity contribution is 6.02. The van der Waals surface area contributed by atoms with E-state index in [-0.39, 0.29) is 0 Å². The zero-order chi connectivity index (χ0) is 19.1. The van der Waals surface area contributed by atoms with E-state index in [2.05, 4.69) is 91.9 Å². The molecule has 0 aliphatic heterocycles. The first kappa shape index (κ1) is 16.8. The van der Waals surface area contributed by atoms with Gasteiger partial charge >= 0.3 is 0 Å². The standard InChI is InChI=1S/C27H22O/c1-3-8-20-23(14-13-22-19-10-5-4-9-18(19)17-26(20)22)24-15-16-27(28-2)25-12-7-6-11-21(24)25/h3-16H,17H2,1-2H3. The van der Waals surface area contributed by atoms with Gasteiger partial charge in [-0.05, 0) is 63.7 Å². The van der Waals surface area contributed by atoms with E-state index in [0.717, 1.165) is 17.6 Å². The maximum atomic E-state index is 5.60. The number of rotatable bonds is 3. The molecular weight excluding hydrogens is 340 g/mol. The van der Waals surface area contributed by atoms with E-state index in [1.165, 1.54) is 44.3 Å². The second-order valence-electron chi connectivity index (χ2n) is 7.25. The number of fused-ring (bicyclic) bond motifs is 4. The topological polar surface area (TPSA) is 9.23 Å². The maximum absolute atomic E-state index is 5.60. The summed E-state index contributed by atoms with van der Waals surface area (Å²) in [6.45, 7) is 2.09. The number of methoxy groups -OCH3 is 1. The first-order valence-corrected chi connectivity index (χ1v) is 9.74. The Morgan fingerprint density at radius 1 is 0.714 bits per heavy atom. The Hall–Kier alpha value is -3.32. The van der Waals surface area contributed by atoms with Crippen molar-refractivity contribution in [3.63, 3.8) is 0 Å². The SMILES string of the molecule is CC=Cc1c(-c2ccc(OC)c3ccccc23)ccc2c1Cc1ccccc1-2. The predicted molar refractivity (Wildman–Crippen MR) is 119 cm³/mol. The average Bonchev–Trinajstić information content (AvgIpc) is 3.13. The minimum absolute atomic E-state index is 0.917. The zero-order valence-electron chi connectivity index (χ0n) is 16.2. The van der Waals surface area contributed by atoms with Crippen LogP contribution >= 0.6 is 0 Å². The van der Waals surface area contributed by atoms with Crippen LogP contribution in [0, 0.1) is 0 Å². The summed E-state index contributed by atoms with van der Waals surface area (Å²) < 4.78 is 5.60. The fourth-order valence-corrected chi connectivity index (χ4v) is 4.51. The van der Waals surface area contributed by atoms with Gasteiger partial charge in [-0.25, -0.2) is 0 Å². The van der Waals surface area contributed by atoms with Crippen molar-refractivity contribution in [1.29, 1.82) is 0 Å². The molecule has 0 spiro atoms. The van der Waals surface area contributed by atoms with Gasteiger partial charge in [0.15, 0.2) is 0 Å². The molecule has 0 fully saturated rings. The van der Waals surface area contributed by atoms with Crippen LogP contribution in [0.15, 0.2) is 78.9 Å². The van der Waals surface area contributed by atoms with Crippen LogP contribution in [-0.4, -0.2) is 7.11 Å². The lowest BCUT2D eigenvalue weighted by atomic mass is 9.89. The molecule has 1 aliphatic carbocycles. The molecule has 1 nitrogen and oxygen atoms in total. The summed E-state index contributed by atoms with van der Waals surface area (Å²) in [5, 5.41) is 2.38. The molecule has 0 N–H and O–H groups in total. The van der Waals surface area contributed by atoms with Gasteiger partial charge in [0.2, 0.25) is 0 Å². The van der Waals surface area contributed by atoms with Gasteiger partial charge in [0, 0.05) is 5.39 Å². The largest absolute Gasteiger partial charge is 0.496 e. The van der Waals surface area contributed by atoms with Gasteiger partial charge in [0.05, 0.1) is 7.11 Å². The van der Waals surface area contributed by atoms with Crippen LogP contribution in [0.3, 0.4) is 0 Å². The van der Waals surface area contributed by atoms with E-state index < -0.39 is 0 Å². The lowest BCUT2D eigenvalue weighted by molar-refractivity contribution is 0.420. The minimum atomic E-state index is 0.917. The zero-order valence-corrected chi connectivity index (χ0v) is 16.2. The van der Waals surface area contributed by atoms with Gasteiger partial charge in [0.1, 0.15) is 5.75 Å². The van der Waals surface area contributed by atoms with E-state index in [9.17, 15) is 0 Å². The van der Waals surface area contributed by atoms with Crippen LogP contribution in [0.25, 0.3) is 39.1 Å². The van der Waals surface area contributed by atoms with Crippen molar-refractivity contribution in [2.24, 2.45) is 0 Å². The Kier molecular flexibility index (Phi) is 4.02. The van der Waals surface area contributed by atoms with Crippen LogP contribution in [0.1, 0.15) is 23.6 Å². The fraction of sp³-hybridized carbons (Fsp3) is 0.111. The second-order valence-corrected chi connectivity index (χ2v) is 7.25. The van der Waals surface area contributed by atoms with Gasteiger partial charge < -0.3 is 4.74 Å². The summed E-state index contributed by atoms with van der Waals surface area (Å²) in [4.78, 5) is 0. The summed E-state index contributed by atoms with van der Waals surface area (Å²) in [6, 6.07) is 26.1. The van der Waals surface area contributed by atoms with Gasteiger partial charge in [-0.1, -0.05) is 78.9 Å². The first-order valence-electron chi connectivity index (χ1n) is 9.74. The summed E-state index contributed by atoms with van der Waals surface area (Å²) >= 11 is 0. The molecule has 0 saturated heterocycles. The summed E-state index contributed by atoms with van der Waals surface area (Å²) in [7, 11) is 1.74. The van der Waals surface area contributed by atoms with E-state index >= 15 is 0 Å². The average molecular weight is 362 g/mol. The summed E-state index contributed by atoms with van der Waals surface area (Å²) in [5.41, 5.74) is 9.44. The molecule has 0 unspecified atom stereocenters. The van der Waals surface area contributed by atoms with Gasteiger partial charge in [-0.15, -0.1) is 0 Å².